The summed E-state index contributed by atoms with van der Waals surface area (Å²) < 4.78 is 5.51. The zero-order valence-electron chi connectivity index (χ0n) is 10.6. The standard InChI is InChI=1S/C14H19NO3/c1-10-4-2-3-5-13(10)18-9-12(16)8-15-14(17)11-6-7-11/h2-5,11-12,16H,6-9H2,1H3,(H,15,17). The number of carbonyl (C=O) groups excluding carboxylic acids is 1. The van der Waals surface area contributed by atoms with Gasteiger partial charge in [-0.3, -0.25) is 4.79 Å². The van der Waals surface area contributed by atoms with Gasteiger partial charge in [0, 0.05) is 12.5 Å². The molecule has 0 aliphatic heterocycles. The third-order valence-corrected chi connectivity index (χ3v) is 2.98. The number of hydrogen-bond acceptors (Lipinski definition) is 3. The summed E-state index contributed by atoms with van der Waals surface area (Å²) in [6.45, 7) is 2.40. The van der Waals surface area contributed by atoms with Gasteiger partial charge >= 0.3 is 0 Å². The second kappa shape index (κ2) is 5.87. The minimum Gasteiger partial charge on any atom is -0.491 e. The SMILES string of the molecule is Cc1ccccc1OCC(O)CNC(=O)C1CC1. The molecule has 98 valence electrons. The molecule has 1 aromatic rings. The van der Waals surface area contributed by atoms with Crippen LogP contribution in [-0.2, 0) is 4.79 Å². The lowest BCUT2D eigenvalue weighted by molar-refractivity contribution is -0.122. The van der Waals surface area contributed by atoms with Crippen LogP contribution in [0.2, 0.25) is 0 Å². The van der Waals surface area contributed by atoms with E-state index in [1.54, 1.807) is 0 Å². The molecule has 4 nitrogen and oxygen atoms in total. The molecule has 1 fully saturated rings. The highest BCUT2D eigenvalue weighted by Gasteiger charge is 2.29. The molecule has 0 radical (unpaired) electrons. The fraction of sp³-hybridized carbons (Fsp3) is 0.500. The summed E-state index contributed by atoms with van der Waals surface area (Å²) in [7, 11) is 0. The number of aliphatic hydroxyl groups excluding tert-OH is 1. The lowest BCUT2D eigenvalue weighted by Gasteiger charge is -2.14. The van der Waals surface area contributed by atoms with Crippen LogP contribution in [0.3, 0.4) is 0 Å². The second-order valence-corrected chi connectivity index (χ2v) is 4.75. The quantitative estimate of drug-likeness (QED) is 0.798. The zero-order valence-corrected chi connectivity index (χ0v) is 10.6. The van der Waals surface area contributed by atoms with Crippen LogP contribution in [0.4, 0.5) is 0 Å². The molecule has 2 N–H and O–H groups in total. The van der Waals surface area contributed by atoms with Gasteiger partial charge in [0.2, 0.25) is 5.91 Å². The van der Waals surface area contributed by atoms with Crippen LogP contribution in [0.1, 0.15) is 18.4 Å². The Labute approximate surface area is 107 Å². The number of rotatable bonds is 6. The Kier molecular flexibility index (Phi) is 4.20. The number of nitrogens with one attached hydrogen (secondary N) is 1. The van der Waals surface area contributed by atoms with Crippen molar-refractivity contribution in [3.63, 3.8) is 0 Å². The fourth-order valence-corrected chi connectivity index (χ4v) is 1.67. The van der Waals surface area contributed by atoms with Crippen LogP contribution in [0.15, 0.2) is 24.3 Å². The number of para-hydroxylation sites is 1. The largest absolute Gasteiger partial charge is 0.491 e. The van der Waals surface area contributed by atoms with E-state index in [0.29, 0.717) is 0 Å². The van der Waals surface area contributed by atoms with E-state index in [0.717, 1.165) is 24.2 Å². The van der Waals surface area contributed by atoms with Gasteiger partial charge in [-0.15, -0.1) is 0 Å². The molecule has 0 spiro atoms. The highest BCUT2D eigenvalue weighted by atomic mass is 16.5. The summed E-state index contributed by atoms with van der Waals surface area (Å²) in [4.78, 5) is 11.4. The first-order valence-corrected chi connectivity index (χ1v) is 6.31. The van der Waals surface area contributed by atoms with Gasteiger partial charge in [-0.2, -0.15) is 0 Å². The highest BCUT2D eigenvalue weighted by molar-refractivity contribution is 5.80. The summed E-state index contributed by atoms with van der Waals surface area (Å²) in [5.41, 5.74) is 1.03. The molecule has 2 rings (SSSR count). The lowest BCUT2D eigenvalue weighted by Crippen LogP contribution is -2.36. The van der Waals surface area contributed by atoms with Gasteiger partial charge in [-0.25, -0.2) is 0 Å². The highest BCUT2D eigenvalue weighted by Crippen LogP contribution is 2.28. The summed E-state index contributed by atoms with van der Waals surface area (Å²) in [6, 6.07) is 7.65. The van der Waals surface area contributed by atoms with E-state index in [1.165, 1.54) is 0 Å². The van der Waals surface area contributed by atoms with E-state index in [4.69, 9.17) is 4.74 Å². The van der Waals surface area contributed by atoms with Gasteiger partial charge < -0.3 is 15.2 Å². The Hall–Kier alpha value is -1.55. The molecule has 0 heterocycles. The fourth-order valence-electron chi connectivity index (χ4n) is 1.67. The van der Waals surface area contributed by atoms with Crippen LogP contribution in [-0.4, -0.2) is 30.3 Å². The van der Waals surface area contributed by atoms with E-state index in [-0.39, 0.29) is 25.0 Å². The van der Waals surface area contributed by atoms with Gasteiger partial charge in [0.25, 0.3) is 0 Å². The number of aryl methyl sites for hydroxylation is 1. The van der Waals surface area contributed by atoms with Crippen molar-refractivity contribution in [2.75, 3.05) is 13.2 Å². The first-order valence-electron chi connectivity index (χ1n) is 6.31. The summed E-state index contributed by atoms with van der Waals surface area (Å²) >= 11 is 0. The van der Waals surface area contributed by atoms with Gasteiger partial charge in [-0.1, -0.05) is 18.2 Å². The number of aliphatic hydroxyl groups is 1. The van der Waals surface area contributed by atoms with E-state index in [2.05, 4.69) is 5.32 Å². The van der Waals surface area contributed by atoms with Crippen LogP contribution in [0, 0.1) is 12.8 Å². The Morgan fingerprint density at radius 2 is 2.22 bits per heavy atom. The Balaban J connectivity index is 1.69. The minimum absolute atomic E-state index is 0.0462. The summed E-state index contributed by atoms with van der Waals surface area (Å²) in [6.07, 6.45) is 1.27. The van der Waals surface area contributed by atoms with Gasteiger partial charge in [0.15, 0.2) is 0 Å². The lowest BCUT2D eigenvalue weighted by atomic mass is 10.2. The molecule has 4 heteroatoms. The van der Waals surface area contributed by atoms with Crippen molar-refractivity contribution in [1.82, 2.24) is 5.32 Å². The van der Waals surface area contributed by atoms with E-state index >= 15 is 0 Å². The molecule has 1 saturated carbocycles. The van der Waals surface area contributed by atoms with E-state index < -0.39 is 6.10 Å². The average molecular weight is 249 g/mol. The Morgan fingerprint density at radius 3 is 2.89 bits per heavy atom. The maximum Gasteiger partial charge on any atom is 0.223 e. The summed E-state index contributed by atoms with van der Waals surface area (Å²) in [5, 5.41) is 12.4. The number of amides is 1. The molecule has 0 aromatic heterocycles. The zero-order chi connectivity index (χ0) is 13.0. The number of hydrogen-bond donors (Lipinski definition) is 2. The van der Waals surface area contributed by atoms with E-state index in [9.17, 15) is 9.90 Å². The molecule has 18 heavy (non-hydrogen) atoms. The second-order valence-electron chi connectivity index (χ2n) is 4.75. The Bertz CT molecular complexity index is 415. The van der Waals surface area contributed by atoms with Crippen molar-refractivity contribution >= 4 is 5.91 Å². The van der Waals surface area contributed by atoms with Gasteiger partial charge in [0.1, 0.15) is 18.5 Å². The van der Waals surface area contributed by atoms with Crippen LogP contribution < -0.4 is 10.1 Å². The van der Waals surface area contributed by atoms with Gasteiger partial charge in [0.05, 0.1) is 0 Å². The molecule has 0 saturated heterocycles. The van der Waals surface area contributed by atoms with Crippen molar-refractivity contribution in [2.24, 2.45) is 5.92 Å². The monoisotopic (exact) mass is 249 g/mol. The average Bonchev–Trinajstić information content (AvgIpc) is 3.19. The molecule has 1 aliphatic carbocycles. The molecule has 1 amide bonds. The normalized spacial score (nSPS) is 16.1. The van der Waals surface area contributed by atoms with Crippen LogP contribution in [0.5, 0.6) is 5.75 Å². The van der Waals surface area contributed by atoms with Crippen LogP contribution in [0.25, 0.3) is 0 Å². The van der Waals surface area contributed by atoms with Gasteiger partial charge in [-0.05, 0) is 31.4 Å². The number of benzene rings is 1. The van der Waals surface area contributed by atoms with Crippen molar-refractivity contribution in [1.29, 1.82) is 0 Å². The maximum atomic E-state index is 11.4. The minimum atomic E-state index is -0.674. The van der Waals surface area contributed by atoms with Crippen molar-refractivity contribution < 1.29 is 14.6 Å². The molecule has 0 bridgehead atoms. The van der Waals surface area contributed by atoms with Crippen molar-refractivity contribution in [3.05, 3.63) is 29.8 Å². The first kappa shape index (κ1) is 12.9. The predicted molar refractivity (Wildman–Crippen MR) is 68.4 cm³/mol. The molecule has 1 atom stereocenters. The third kappa shape index (κ3) is 3.74. The van der Waals surface area contributed by atoms with Crippen molar-refractivity contribution in [3.8, 4) is 5.75 Å². The smallest absolute Gasteiger partial charge is 0.223 e. The molecule has 1 aromatic carbocycles. The molecule has 1 aliphatic rings. The van der Waals surface area contributed by atoms with Crippen molar-refractivity contribution in [2.45, 2.75) is 25.9 Å². The molecular formula is C14H19NO3. The first-order chi connectivity index (χ1) is 8.66. The molecule has 1 unspecified atom stereocenters. The third-order valence-electron chi connectivity index (χ3n) is 2.98. The topological polar surface area (TPSA) is 58.6 Å². The van der Waals surface area contributed by atoms with E-state index in [1.807, 2.05) is 31.2 Å². The number of ether oxygens (including phenoxy) is 1. The Morgan fingerprint density at radius 1 is 1.50 bits per heavy atom. The van der Waals surface area contributed by atoms with Crippen LogP contribution >= 0.6 is 0 Å². The maximum absolute atomic E-state index is 11.4. The molecular weight excluding hydrogens is 230 g/mol. The predicted octanol–water partition coefficient (Wildman–Crippen LogP) is 1.26. The summed E-state index contributed by atoms with van der Waals surface area (Å²) in [5.74, 6) is 0.990. The number of carbonyl (C=O) groups is 1.